The van der Waals surface area contributed by atoms with E-state index in [0.717, 1.165) is 6.07 Å². The number of aliphatic hydroxyl groups is 1. The molecule has 1 unspecified atom stereocenters. The summed E-state index contributed by atoms with van der Waals surface area (Å²) in [5.74, 6) is -1.16. The summed E-state index contributed by atoms with van der Waals surface area (Å²) in [6.07, 6.45) is -9.91. The van der Waals surface area contributed by atoms with Crippen LogP contribution in [0, 0.1) is 17.2 Å². The van der Waals surface area contributed by atoms with Crippen molar-refractivity contribution in [1.82, 2.24) is 0 Å². The maximum atomic E-state index is 13.1. The molecule has 1 N–H and O–H groups in total. The van der Waals surface area contributed by atoms with Gasteiger partial charge in [0.05, 0.1) is 17.2 Å². The minimum absolute atomic E-state index is 0.0807. The van der Waals surface area contributed by atoms with E-state index in [4.69, 9.17) is 5.26 Å². The topological polar surface area (TPSA) is 44.0 Å². The zero-order chi connectivity index (χ0) is 16.1. The number of hydrogen-bond acceptors (Lipinski definition) is 2. The van der Waals surface area contributed by atoms with E-state index in [2.05, 4.69) is 0 Å². The highest BCUT2D eigenvalue weighted by molar-refractivity contribution is 5.44. The summed E-state index contributed by atoms with van der Waals surface area (Å²) in [5.41, 5.74) is -6.47. The van der Waals surface area contributed by atoms with Crippen molar-refractivity contribution in [3.63, 3.8) is 0 Å². The zero-order valence-corrected chi connectivity index (χ0v) is 10.4. The molecule has 1 atom stereocenters. The SMILES string of the molecule is N#Cc1ccc(C(O)(C2CC2)C(F)(F)F)cc1C(F)(F)F. The molecule has 0 aromatic heterocycles. The summed E-state index contributed by atoms with van der Waals surface area (Å²) in [6.45, 7) is 0. The lowest BCUT2D eigenvalue weighted by Gasteiger charge is -2.31. The van der Waals surface area contributed by atoms with Crippen LogP contribution >= 0.6 is 0 Å². The van der Waals surface area contributed by atoms with E-state index >= 15 is 0 Å². The lowest BCUT2D eigenvalue weighted by molar-refractivity contribution is -0.275. The van der Waals surface area contributed by atoms with Crippen molar-refractivity contribution in [3.8, 4) is 6.07 Å². The third kappa shape index (κ3) is 2.58. The molecule has 1 aromatic rings. The minimum Gasteiger partial charge on any atom is -0.376 e. The Balaban J connectivity index is 2.62. The van der Waals surface area contributed by atoms with Crippen LogP contribution in [0.25, 0.3) is 0 Å². The van der Waals surface area contributed by atoms with Gasteiger partial charge in [0.1, 0.15) is 0 Å². The maximum absolute atomic E-state index is 13.1. The van der Waals surface area contributed by atoms with Gasteiger partial charge in [-0.15, -0.1) is 0 Å². The third-order valence-corrected chi connectivity index (χ3v) is 3.49. The van der Waals surface area contributed by atoms with E-state index in [1.54, 1.807) is 0 Å². The summed E-state index contributed by atoms with van der Waals surface area (Å²) < 4.78 is 77.7. The molecule has 0 heterocycles. The van der Waals surface area contributed by atoms with Crippen LogP contribution in [0.1, 0.15) is 29.5 Å². The zero-order valence-electron chi connectivity index (χ0n) is 10.4. The molecule has 2 rings (SSSR count). The molecule has 1 aromatic carbocycles. The largest absolute Gasteiger partial charge is 0.421 e. The van der Waals surface area contributed by atoms with Gasteiger partial charge in [0.15, 0.2) is 5.60 Å². The Morgan fingerprint density at radius 2 is 1.67 bits per heavy atom. The number of nitrogens with zero attached hydrogens (tertiary/aromatic N) is 1. The van der Waals surface area contributed by atoms with Gasteiger partial charge in [-0.1, -0.05) is 6.07 Å². The van der Waals surface area contributed by atoms with E-state index in [9.17, 15) is 31.4 Å². The van der Waals surface area contributed by atoms with Crippen LogP contribution in [0.3, 0.4) is 0 Å². The Labute approximate surface area is 115 Å². The van der Waals surface area contributed by atoms with Crippen LogP contribution in [0.4, 0.5) is 26.3 Å². The molecule has 1 aliphatic carbocycles. The maximum Gasteiger partial charge on any atom is 0.421 e. The van der Waals surface area contributed by atoms with Crippen LogP contribution in [0.2, 0.25) is 0 Å². The quantitative estimate of drug-likeness (QED) is 0.846. The Morgan fingerprint density at radius 3 is 2.05 bits per heavy atom. The summed E-state index contributed by atoms with van der Waals surface area (Å²) >= 11 is 0. The Hall–Kier alpha value is -1.75. The fourth-order valence-corrected chi connectivity index (χ4v) is 2.25. The smallest absolute Gasteiger partial charge is 0.376 e. The third-order valence-electron chi connectivity index (χ3n) is 3.49. The lowest BCUT2D eigenvalue weighted by atomic mass is 9.86. The highest BCUT2D eigenvalue weighted by atomic mass is 19.4. The van der Waals surface area contributed by atoms with Crippen molar-refractivity contribution >= 4 is 0 Å². The van der Waals surface area contributed by atoms with Crippen LogP contribution in [-0.2, 0) is 11.8 Å². The second-order valence-electron chi connectivity index (χ2n) is 4.91. The molecule has 0 bridgehead atoms. The Morgan fingerprint density at radius 1 is 1.10 bits per heavy atom. The number of rotatable bonds is 2. The van der Waals surface area contributed by atoms with Crippen molar-refractivity contribution in [2.45, 2.75) is 30.8 Å². The van der Waals surface area contributed by atoms with Gasteiger partial charge in [0, 0.05) is 5.92 Å². The van der Waals surface area contributed by atoms with Crippen LogP contribution < -0.4 is 0 Å². The number of alkyl halides is 6. The average Bonchev–Trinajstić information content (AvgIpc) is 3.19. The lowest BCUT2D eigenvalue weighted by Crippen LogP contribution is -2.44. The molecule has 1 fully saturated rings. The number of hydrogen-bond donors (Lipinski definition) is 1. The molecule has 1 saturated carbocycles. The molecule has 8 heteroatoms. The van der Waals surface area contributed by atoms with Gasteiger partial charge in [-0.25, -0.2) is 0 Å². The fourth-order valence-electron chi connectivity index (χ4n) is 2.25. The van der Waals surface area contributed by atoms with Gasteiger partial charge in [-0.2, -0.15) is 31.6 Å². The average molecular weight is 309 g/mol. The number of nitriles is 1. The number of halogens is 6. The van der Waals surface area contributed by atoms with Crippen LogP contribution in [0.5, 0.6) is 0 Å². The molecule has 21 heavy (non-hydrogen) atoms. The fraction of sp³-hybridized carbons (Fsp3) is 0.462. The molecule has 2 nitrogen and oxygen atoms in total. The normalized spacial score (nSPS) is 19.0. The summed E-state index contributed by atoms with van der Waals surface area (Å²) in [4.78, 5) is 0. The first-order valence-electron chi connectivity index (χ1n) is 5.92. The molecule has 1 aliphatic rings. The van der Waals surface area contributed by atoms with Crippen molar-refractivity contribution in [1.29, 1.82) is 5.26 Å². The van der Waals surface area contributed by atoms with Crippen molar-refractivity contribution in [2.75, 3.05) is 0 Å². The number of benzene rings is 1. The summed E-state index contributed by atoms with van der Waals surface area (Å²) in [6, 6.07) is 2.87. The van der Waals surface area contributed by atoms with Crippen LogP contribution in [-0.4, -0.2) is 11.3 Å². The van der Waals surface area contributed by atoms with E-state index in [0.29, 0.717) is 6.07 Å². The highest BCUT2D eigenvalue weighted by Crippen LogP contribution is 2.54. The van der Waals surface area contributed by atoms with Gasteiger partial charge in [0.25, 0.3) is 0 Å². The van der Waals surface area contributed by atoms with Gasteiger partial charge < -0.3 is 5.11 Å². The van der Waals surface area contributed by atoms with Gasteiger partial charge in [-0.3, -0.25) is 0 Å². The molecular formula is C13H9F6NO. The first-order valence-corrected chi connectivity index (χ1v) is 5.92. The van der Waals surface area contributed by atoms with Crippen molar-refractivity contribution in [2.24, 2.45) is 5.92 Å². The molecule has 0 spiro atoms. The standard InChI is InChI=1S/C13H9F6NO/c14-12(15,16)10-5-9(2-1-7(10)6-20)11(21,8-3-4-8)13(17,18)19/h1-2,5,8,21H,3-4H2. The first kappa shape index (κ1) is 15.6. The highest BCUT2D eigenvalue weighted by Gasteiger charge is 2.63. The summed E-state index contributed by atoms with van der Waals surface area (Å²) in [7, 11) is 0. The second kappa shape index (κ2) is 4.63. The van der Waals surface area contributed by atoms with Gasteiger partial charge >= 0.3 is 12.4 Å². The van der Waals surface area contributed by atoms with Gasteiger partial charge in [-0.05, 0) is 30.5 Å². The first-order chi connectivity index (χ1) is 9.51. The second-order valence-corrected chi connectivity index (χ2v) is 4.91. The van der Waals surface area contributed by atoms with E-state index < -0.39 is 40.6 Å². The molecule has 0 amide bonds. The molecule has 114 valence electrons. The van der Waals surface area contributed by atoms with Gasteiger partial charge in [0.2, 0.25) is 0 Å². The molecular weight excluding hydrogens is 300 g/mol. The minimum atomic E-state index is -5.09. The molecule has 0 saturated heterocycles. The monoisotopic (exact) mass is 309 g/mol. The Kier molecular flexibility index (Phi) is 3.45. The van der Waals surface area contributed by atoms with Crippen LogP contribution in [0.15, 0.2) is 18.2 Å². The van der Waals surface area contributed by atoms with E-state index in [-0.39, 0.29) is 18.9 Å². The van der Waals surface area contributed by atoms with Crippen molar-refractivity contribution < 1.29 is 31.4 Å². The van der Waals surface area contributed by atoms with Crippen molar-refractivity contribution in [3.05, 3.63) is 34.9 Å². The van der Waals surface area contributed by atoms with E-state index in [1.165, 1.54) is 6.07 Å². The molecule has 0 aliphatic heterocycles. The van der Waals surface area contributed by atoms with E-state index in [1.807, 2.05) is 0 Å². The Bertz CT molecular complexity index is 596. The summed E-state index contributed by atoms with van der Waals surface area (Å²) in [5, 5.41) is 18.6. The molecule has 0 radical (unpaired) electrons. The predicted octanol–water partition coefficient (Wildman–Crippen LogP) is 3.74. The predicted molar refractivity (Wildman–Crippen MR) is 58.8 cm³/mol.